The lowest BCUT2D eigenvalue weighted by molar-refractivity contribution is -0.251. The highest BCUT2D eigenvalue weighted by Gasteiger charge is 2.69. The molecule has 0 spiro atoms. The normalized spacial score (nSPS) is 32.9. The average molecular weight is 558 g/mol. The van der Waals surface area contributed by atoms with Gasteiger partial charge in [-0.1, -0.05) is 55.8 Å². The third kappa shape index (κ3) is 4.90. The van der Waals surface area contributed by atoms with Crippen LogP contribution in [-0.4, -0.2) is 52.4 Å². The number of hydrogen-bond acceptors (Lipinski definition) is 8. The summed E-state index contributed by atoms with van der Waals surface area (Å²) in [5.41, 5.74) is -1.25. The molecule has 8 heteroatoms. The van der Waals surface area contributed by atoms with Crippen LogP contribution in [0.25, 0.3) is 0 Å². The van der Waals surface area contributed by atoms with E-state index in [0.29, 0.717) is 17.6 Å². The maximum atomic E-state index is 13.5. The van der Waals surface area contributed by atoms with Crippen LogP contribution in [0, 0.1) is 16.7 Å². The molecule has 2 aliphatic carbocycles. The maximum Gasteiger partial charge on any atom is 0.340 e. The molecule has 41 heavy (non-hydrogen) atoms. The van der Waals surface area contributed by atoms with Crippen molar-refractivity contribution in [3.8, 4) is 0 Å². The summed E-state index contributed by atoms with van der Waals surface area (Å²) in [4.78, 5) is 42.7. The van der Waals surface area contributed by atoms with Gasteiger partial charge < -0.3 is 19.3 Å². The van der Waals surface area contributed by atoms with E-state index in [-0.39, 0.29) is 18.1 Å². The van der Waals surface area contributed by atoms with Crippen LogP contribution in [0.15, 0.2) is 90.3 Å². The van der Waals surface area contributed by atoms with Gasteiger partial charge in [0, 0.05) is 29.3 Å². The highest BCUT2D eigenvalue weighted by molar-refractivity contribution is 5.90. The number of cyclic esters (lactones) is 1. The number of benzene rings is 1. The molecule has 2 heterocycles. The van der Waals surface area contributed by atoms with E-state index in [9.17, 15) is 19.5 Å². The van der Waals surface area contributed by atoms with Gasteiger partial charge in [0.25, 0.3) is 0 Å². The molecular formula is C33H35NO7. The van der Waals surface area contributed by atoms with Crippen molar-refractivity contribution in [2.75, 3.05) is 6.61 Å². The lowest BCUT2D eigenvalue weighted by Gasteiger charge is -2.64. The van der Waals surface area contributed by atoms with Crippen molar-refractivity contribution < 1.29 is 33.7 Å². The Morgan fingerprint density at radius 2 is 1.71 bits per heavy atom. The van der Waals surface area contributed by atoms with Crippen LogP contribution in [0.4, 0.5) is 0 Å². The van der Waals surface area contributed by atoms with E-state index in [0.717, 1.165) is 12.0 Å². The second-order valence-electron chi connectivity index (χ2n) is 11.6. The van der Waals surface area contributed by atoms with E-state index in [4.69, 9.17) is 14.2 Å². The highest BCUT2D eigenvalue weighted by atomic mass is 16.6. The number of rotatable bonds is 6. The third-order valence-electron chi connectivity index (χ3n) is 9.42. The van der Waals surface area contributed by atoms with Crippen molar-refractivity contribution in [3.05, 3.63) is 101 Å². The summed E-state index contributed by atoms with van der Waals surface area (Å²) >= 11 is 0. The minimum absolute atomic E-state index is 0.144. The number of carbonyl (C=O) groups excluding carboxylic acids is 3. The molecule has 1 aromatic carbocycles. The van der Waals surface area contributed by atoms with Crippen LogP contribution in [0.3, 0.4) is 0 Å². The highest BCUT2D eigenvalue weighted by Crippen LogP contribution is 2.63. The minimum Gasteiger partial charge on any atom is -0.458 e. The summed E-state index contributed by atoms with van der Waals surface area (Å²) in [6, 6.07) is 11.8. The third-order valence-corrected chi connectivity index (χ3v) is 9.42. The van der Waals surface area contributed by atoms with Gasteiger partial charge in [-0.2, -0.15) is 0 Å². The van der Waals surface area contributed by atoms with E-state index in [1.165, 1.54) is 12.3 Å². The lowest BCUT2D eigenvalue weighted by atomic mass is 9.44. The molecule has 2 aromatic rings. The Balaban J connectivity index is 1.64. The zero-order valence-electron chi connectivity index (χ0n) is 23.7. The van der Waals surface area contributed by atoms with Gasteiger partial charge in [-0.3, -0.25) is 4.98 Å². The fraction of sp³-hybridized carbons (Fsp3) is 0.394. The second kappa shape index (κ2) is 10.7. The van der Waals surface area contributed by atoms with Crippen LogP contribution in [-0.2, 0) is 19.0 Å². The Morgan fingerprint density at radius 1 is 1.02 bits per heavy atom. The maximum absolute atomic E-state index is 13.5. The number of aromatic nitrogens is 1. The number of esters is 3. The standard InChI is InChI=1S/C33H35NO7/c1-21-10-8-14-25-31(2,16-15-22-18-26(35)39-20-22)33(4,38)28(41-30(37)24-13-9-17-34-19-24)27(32(21,25)3)40-29(36)23-11-6-5-7-12-23/h5-7,9-13,15-19,25,27-28,38H,8,14,20H2,1-4H3/t25-,27+,28+,31-,32+,33+/m1/s1. The van der Waals surface area contributed by atoms with Gasteiger partial charge >= 0.3 is 17.9 Å². The second-order valence-corrected chi connectivity index (χ2v) is 11.6. The Hall–Kier alpha value is -4.04. The summed E-state index contributed by atoms with van der Waals surface area (Å²) in [5.74, 6) is -1.89. The molecule has 0 unspecified atom stereocenters. The number of carbonyl (C=O) groups is 3. The fourth-order valence-corrected chi connectivity index (χ4v) is 6.71. The van der Waals surface area contributed by atoms with Gasteiger partial charge in [0.1, 0.15) is 12.2 Å². The fourth-order valence-electron chi connectivity index (χ4n) is 6.71. The monoisotopic (exact) mass is 557 g/mol. The van der Waals surface area contributed by atoms with Crippen molar-refractivity contribution in [2.45, 2.75) is 58.3 Å². The van der Waals surface area contributed by atoms with Crippen molar-refractivity contribution >= 4 is 17.9 Å². The molecule has 0 amide bonds. The van der Waals surface area contributed by atoms with E-state index >= 15 is 0 Å². The Labute approximate surface area is 239 Å². The molecule has 1 aromatic heterocycles. The first-order valence-electron chi connectivity index (χ1n) is 13.8. The molecule has 1 fully saturated rings. The lowest BCUT2D eigenvalue weighted by Crippen LogP contribution is -2.72. The molecule has 3 aliphatic rings. The van der Waals surface area contributed by atoms with E-state index in [2.05, 4.69) is 11.1 Å². The van der Waals surface area contributed by atoms with E-state index in [1.807, 2.05) is 32.9 Å². The zero-order chi connectivity index (χ0) is 29.4. The van der Waals surface area contributed by atoms with Gasteiger partial charge in [-0.15, -0.1) is 0 Å². The van der Waals surface area contributed by atoms with Gasteiger partial charge in [0.15, 0.2) is 12.2 Å². The molecule has 1 saturated carbocycles. The average Bonchev–Trinajstić information content (AvgIpc) is 3.39. The number of hydrogen-bond donors (Lipinski definition) is 1. The van der Waals surface area contributed by atoms with Crippen LogP contribution in [0.5, 0.6) is 0 Å². The van der Waals surface area contributed by atoms with E-state index in [1.54, 1.807) is 55.6 Å². The first-order valence-corrected chi connectivity index (χ1v) is 13.8. The summed E-state index contributed by atoms with van der Waals surface area (Å²) in [6.07, 6.45) is 9.38. The van der Waals surface area contributed by atoms with Crippen molar-refractivity contribution in [2.24, 2.45) is 16.7 Å². The Bertz CT molecular complexity index is 1430. The van der Waals surface area contributed by atoms with Crippen LogP contribution in [0.1, 0.15) is 61.3 Å². The Kier molecular flexibility index (Phi) is 7.46. The zero-order valence-corrected chi connectivity index (χ0v) is 23.7. The van der Waals surface area contributed by atoms with Crippen LogP contribution < -0.4 is 0 Å². The molecular weight excluding hydrogens is 522 g/mol. The van der Waals surface area contributed by atoms with Gasteiger partial charge in [0.2, 0.25) is 0 Å². The van der Waals surface area contributed by atoms with Gasteiger partial charge in [-0.25, -0.2) is 14.4 Å². The first-order chi connectivity index (χ1) is 19.5. The van der Waals surface area contributed by atoms with Crippen LogP contribution in [0.2, 0.25) is 0 Å². The first kappa shape index (κ1) is 28.5. The predicted octanol–water partition coefficient (Wildman–Crippen LogP) is 5.01. The molecule has 1 N–H and O–H groups in total. The summed E-state index contributed by atoms with van der Waals surface area (Å²) in [7, 11) is 0. The molecule has 0 radical (unpaired) electrons. The number of aliphatic hydroxyl groups is 1. The summed E-state index contributed by atoms with van der Waals surface area (Å²) in [6.45, 7) is 7.71. The molecule has 214 valence electrons. The summed E-state index contributed by atoms with van der Waals surface area (Å²) < 4.78 is 17.5. The summed E-state index contributed by atoms with van der Waals surface area (Å²) in [5, 5.41) is 12.5. The molecule has 1 aliphatic heterocycles. The number of nitrogens with zero attached hydrogens (tertiary/aromatic N) is 1. The molecule has 8 nitrogen and oxygen atoms in total. The van der Waals surface area contributed by atoms with Crippen molar-refractivity contribution in [1.82, 2.24) is 4.98 Å². The largest absolute Gasteiger partial charge is 0.458 e. The quantitative estimate of drug-likeness (QED) is 0.300. The molecule has 0 bridgehead atoms. The van der Waals surface area contributed by atoms with E-state index < -0.39 is 46.5 Å². The van der Waals surface area contributed by atoms with Crippen LogP contribution >= 0.6 is 0 Å². The number of allylic oxidation sites excluding steroid dienone is 1. The predicted molar refractivity (Wildman–Crippen MR) is 151 cm³/mol. The Morgan fingerprint density at radius 3 is 2.37 bits per heavy atom. The smallest absolute Gasteiger partial charge is 0.340 e. The SMILES string of the molecule is CC1=CCC[C@H]2[C@@]1(C)[C@@H](OC(=O)c1ccccc1)[C@H](OC(=O)c1cccnc1)[C@](C)(O)[C@]2(C)C=CC1=CC(=O)OC1. The van der Waals surface area contributed by atoms with Gasteiger partial charge in [-0.05, 0) is 62.4 Å². The number of ether oxygens (including phenoxy) is 3. The van der Waals surface area contributed by atoms with Gasteiger partial charge in [0.05, 0.1) is 11.1 Å². The van der Waals surface area contributed by atoms with Crippen molar-refractivity contribution in [1.29, 1.82) is 0 Å². The molecule has 6 atom stereocenters. The minimum atomic E-state index is -1.70. The molecule has 0 saturated heterocycles. The number of fused-ring (bicyclic) bond motifs is 1. The molecule has 5 rings (SSSR count). The topological polar surface area (TPSA) is 112 Å². The van der Waals surface area contributed by atoms with Crippen molar-refractivity contribution in [3.63, 3.8) is 0 Å². The number of pyridine rings is 1.